The standard InChI is InChI=1S/C28H46O4/c1-4-6-7-8-9-10-11-12-13-14-15-16-21-31-27(29)25-18-17-19-26(23-25)28(30)32-22-20-24(3)5-2/h17-19,23-24H,4-16,20-22H2,1-3H3. The van der Waals surface area contributed by atoms with Crippen molar-refractivity contribution >= 4 is 11.9 Å². The van der Waals surface area contributed by atoms with Gasteiger partial charge in [0.1, 0.15) is 0 Å². The number of carbonyl (C=O) groups is 2. The highest BCUT2D eigenvalue weighted by Gasteiger charge is 2.13. The first kappa shape index (κ1) is 28.2. The second-order valence-corrected chi connectivity index (χ2v) is 9.04. The van der Waals surface area contributed by atoms with Gasteiger partial charge < -0.3 is 9.47 Å². The highest BCUT2D eigenvalue weighted by atomic mass is 16.5. The van der Waals surface area contributed by atoms with Crippen LogP contribution in [0.25, 0.3) is 0 Å². The topological polar surface area (TPSA) is 52.6 Å². The number of rotatable bonds is 19. The fourth-order valence-corrected chi connectivity index (χ4v) is 3.60. The van der Waals surface area contributed by atoms with Crippen LogP contribution in [0.1, 0.15) is 131 Å². The number of unbranched alkanes of at least 4 members (excludes halogenated alkanes) is 11. The van der Waals surface area contributed by atoms with Gasteiger partial charge in [0.05, 0.1) is 24.3 Å². The van der Waals surface area contributed by atoms with Gasteiger partial charge in [-0.25, -0.2) is 9.59 Å². The molecule has 4 nitrogen and oxygen atoms in total. The molecule has 0 fully saturated rings. The number of ether oxygens (including phenoxy) is 2. The zero-order valence-electron chi connectivity index (χ0n) is 20.8. The normalized spacial score (nSPS) is 11.8. The molecule has 1 atom stereocenters. The Morgan fingerprint density at radius 1 is 0.719 bits per heavy atom. The number of benzene rings is 1. The van der Waals surface area contributed by atoms with Crippen molar-refractivity contribution in [1.82, 2.24) is 0 Å². The zero-order valence-corrected chi connectivity index (χ0v) is 20.8. The Hall–Kier alpha value is -1.84. The quantitative estimate of drug-likeness (QED) is 0.159. The molecule has 1 rings (SSSR count). The Kier molecular flexibility index (Phi) is 16.5. The summed E-state index contributed by atoms with van der Waals surface area (Å²) in [4.78, 5) is 24.5. The van der Waals surface area contributed by atoms with Crippen molar-refractivity contribution in [2.45, 2.75) is 111 Å². The summed E-state index contributed by atoms with van der Waals surface area (Å²) in [5, 5.41) is 0. The number of carbonyl (C=O) groups excluding carboxylic acids is 2. The van der Waals surface area contributed by atoms with Crippen molar-refractivity contribution in [3.05, 3.63) is 35.4 Å². The van der Waals surface area contributed by atoms with Gasteiger partial charge in [-0.05, 0) is 37.0 Å². The van der Waals surface area contributed by atoms with Gasteiger partial charge in [0.2, 0.25) is 0 Å². The van der Waals surface area contributed by atoms with Crippen LogP contribution in [-0.2, 0) is 9.47 Å². The van der Waals surface area contributed by atoms with E-state index in [9.17, 15) is 9.59 Å². The maximum atomic E-state index is 12.3. The first-order valence-electron chi connectivity index (χ1n) is 13.0. The Balaban J connectivity index is 2.13. The number of esters is 2. The molecule has 0 aliphatic carbocycles. The van der Waals surface area contributed by atoms with E-state index in [2.05, 4.69) is 20.8 Å². The average molecular weight is 447 g/mol. The molecule has 0 aliphatic heterocycles. The minimum atomic E-state index is -0.385. The van der Waals surface area contributed by atoms with Crippen LogP contribution in [0.3, 0.4) is 0 Å². The summed E-state index contributed by atoms with van der Waals surface area (Å²) in [6, 6.07) is 6.62. The van der Waals surface area contributed by atoms with Crippen molar-refractivity contribution < 1.29 is 19.1 Å². The first-order chi connectivity index (χ1) is 15.6. The summed E-state index contributed by atoms with van der Waals surface area (Å²) in [5.74, 6) is -0.226. The van der Waals surface area contributed by atoms with E-state index in [0.717, 1.165) is 25.7 Å². The fraction of sp³-hybridized carbons (Fsp3) is 0.714. The van der Waals surface area contributed by atoms with Crippen molar-refractivity contribution in [2.24, 2.45) is 5.92 Å². The van der Waals surface area contributed by atoms with Crippen molar-refractivity contribution in [3.8, 4) is 0 Å². The molecular formula is C28H46O4. The van der Waals surface area contributed by atoms with Gasteiger partial charge in [-0.3, -0.25) is 0 Å². The molecular weight excluding hydrogens is 400 g/mol. The smallest absolute Gasteiger partial charge is 0.338 e. The lowest BCUT2D eigenvalue weighted by molar-refractivity contribution is 0.0484. The summed E-state index contributed by atoms with van der Waals surface area (Å²) >= 11 is 0. The molecule has 0 aliphatic rings. The summed E-state index contributed by atoms with van der Waals surface area (Å²) in [5.41, 5.74) is 0.800. The van der Waals surface area contributed by atoms with Gasteiger partial charge in [-0.1, -0.05) is 104 Å². The molecule has 1 unspecified atom stereocenters. The van der Waals surface area contributed by atoms with Crippen molar-refractivity contribution in [1.29, 1.82) is 0 Å². The van der Waals surface area contributed by atoms with Gasteiger partial charge >= 0.3 is 11.9 Å². The van der Waals surface area contributed by atoms with Crippen LogP contribution in [0.4, 0.5) is 0 Å². The molecule has 0 bridgehead atoms. The Bertz CT molecular complexity index is 626. The van der Waals surface area contributed by atoms with E-state index >= 15 is 0 Å². The molecule has 0 amide bonds. The van der Waals surface area contributed by atoms with E-state index in [1.807, 2.05) is 0 Å². The molecule has 0 saturated carbocycles. The van der Waals surface area contributed by atoms with E-state index in [4.69, 9.17) is 9.47 Å². The second-order valence-electron chi connectivity index (χ2n) is 9.04. The predicted molar refractivity (Wildman–Crippen MR) is 132 cm³/mol. The fourth-order valence-electron chi connectivity index (χ4n) is 3.60. The average Bonchev–Trinajstić information content (AvgIpc) is 2.81. The third-order valence-electron chi connectivity index (χ3n) is 6.11. The summed E-state index contributed by atoms with van der Waals surface area (Å²) in [6.07, 6.45) is 17.2. The summed E-state index contributed by atoms with van der Waals surface area (Å²) in [7, 11) is 0. The Labute approximate surface area is 196 Å². The lowest BCUT2D eigenvalue weighted by Crippen LogP contribution is -2.11. The molecule has 1 aromatic rings. The molecule has 0 N–H and O–H groups in total. The summed E-state index contributed by atoms with van der Waals surface area (Å²) < 4.78 is 10.7. The highest BCUT2D eigenvalue weighted by Crippen LogP contribution is 2.13. The van der Waals surface area contributed by atoms with Gasteiger partial charge in [-0.2, -0.15) is 0 Å². The van der Waals surface area contributed by atoms with Gasteiger partial charge in [0.15, 0.2) is 0 Å². The minimum absolute atomic E-state index is 0.373. The van der Waals surface area contributed by atoms with Crippen LogP contribution in [0.15, 0.2) is 24.3 Å². The van der Waals surface area contributed by atoms with Crippen molar-refractivity contribution in [3.63, 3.8) is 0 Å². The molecule has 0 aromatic heterocycles. The molecule has 32 heavy (non-hydrogen) atoms. The number of hydrogen-bond acceptors (Lipinski definition) is 4. The van der Waals surface area contributed by atoms with Crippen LogP contribution in [0.2, 0.25) is 0 Å². The van der Waals surface area contributed by atoms with Gasteiger partial charge in [0.25, 0.3) is 0 Å². The second kappa shape index (κ2) is 18.7. The van der Waals surface area contributed by atoms with E-state index in [-0.39, 0.29) is 11.9 Å². The molecule has 0 spiro atoms. The highest BCUT2D eigenvalue weighted by molar-refractivity contribution is 5.95. The Morgan fingerprint density at radius 3 is 1.69 bits per heavy atom. The molecule has 0 heterocycles. The summed E-state index contributed by atoms with van der Waals surface area (Å²) in [6.45, 7) is 7.36. The van der Waals surface area contributed by atoms with Crippen LogP contribution in [0.5, 0.6) is 0 Å². The molecule has 1 aromatic carbocycles. The lowest BCUT2D eigenvalue weighted by atomic mass is 10.1. The van der Waals surface area contributed by atoms with E-state index in [1.54, 1.807) is 24.3 Å². The molecule has 4 heteroatoms. The molecule has 182 valence electrons. The molecule has 0 radical (unpaired) electrons. The minimum Gasteiger partial charge on any atom is -0.462 e. The van der Waals surface area contributed by atoms with Crippen molar-refractivity contribution in [2.75, 3.05) is 13.2 Å². The maximum absolute atomic E-state index is 12.3. The zero-order chi connectivity index (χ0) is 23.4. The SMILES string of the molecule is CCCCCCCCCCCCCCOC(=O)c1cccc(C(=O)OCCC(C)CC)c1. The monoisotopic (exact) mass is 446 g/mol. The molecule has 0 saturated heterocycles. The predicted octanol–water partition coefficient (Wildman–Crippen LogP) is 8.14. The number of hydrogen-bond donors (Lipinski definition) is 0. The van der Waals surface area contributed by atoms with Crippen LogP contribution in [0, 0.1) is 5.92 Å². The van der Waals surface area contributed by atoms with Gasteiger partial charge in [0, 0.05) is 0 Å². The van der Waals surface area contributed by atoms with E-state index in [1.165, 1.54) is 64.2 Å². The maximum Gasteiger partial charge on any atom is 0.338 e. The largest absolute Gasteiger partial charge is 0.462 e. The Morgan fingerprint density at radius 2 is 1.19 bits per heavy atom. The van der Waals surface area contributed by atoms with Crippen LogP contribution >= 0.6 is 0 Å². The first-order valence-corrected chi connectivity index (χ1v) is 13.0. The van der Waals surface area contributed by atoms with Crippen LogP contribution < -0.4 is 0 Å². The van der Waals surface area contributed by atoms with E-state index in [0.29, 0.717) is 30.3 Å². The third kappa shape index (κ3) is 13.5. The van der Waals surface area contributed by atoms with Crippen LogP contribution in [-0.4, -0.2) is 25.2 Å². The van der Waals surface area contributed by atoms with E-state index < -0.39 is 0 Å². The van der Waals surface area contributed by atoms with Gasteiger partial charge in [-0.15, -0.1) is 0 Å². The third-order valence-corrected chi connectivity index (χ3v) is 6.11. The lowest BCUT2D eigenvalue weighted by Gasteiger charge is -2.10.